The molecular weight excluding hydrogens is 258 g/mol. The summed E-state index contributed by atoms with van der Waals surface area (Å²) in [6.07, 6.45) is 10.6. The first kappa shape index (κ1) is 20.6. The van der Waals surface area contributed by atoms with Crippen LogP contribution in [0.15, 0.2) is 61.9 Å². The third kappa shape index (κ3) is 6.87. The van der Waals surface area contributed by atoms with Crippen LogP contribution >= 0.6 is 0 Å². The van der Waals surface area contributed by atoms with Crippen molar-refractivity contribution in [1.29, 1.82) is 0 Å². The van der Waals surface area contributed by atoms with Crippen molar-refractivity contribution in [3.8, 4) is 0 Å². The maximum absolute atomic E-state index is 5.70. The van der Waals surface area contributed by atoms with Gasteiger partial charge in [-0.15, -0.1) is 0 Å². The van der Waals surface area contributed by atoms with Crippen LogP contribution in [0.3, 0.4) is 0 Å². The topological polar surface area (TPSA) is 78.1 Å². The summed E-state index contributed by atoms with van der Waals surface area (Å²) in [5, 5.41) is 0. The molecule has 0 spiro atoms. The summed E-state index contributed by atoms with van der Waals surface area (Å²) >= 11 is 0. The molecule has 6 N–H and O–H groups in total. The minimum atomic E-state index is 0. The van der Waals surface area contributed by atoms with Crippen molar-refractivity contribution in [2.45, 2.75) is 14.4 Å². The van der Waals surface area contributed by atoms with Gasteiger partial charge >= 0.3 is 0 Å². The van der Waals surface area contributed by atoms with Crippen molar-refractivity contribution in [3.05, 3.63) is 73.0 Å². The Hall–Kier alpha value is -2.68. The van der Waals surface area contributed by atoms with Gasteiger partial charge in [-0.25, -0.2) is 0 Å². The SMILES string of the molecule is C.C=C/C(N)=C\C=C/C.C=Cc1c(N)ccc(N)c1C=C. The van der Waals surface area contributed by atoms with Crippen LogP contribution in [0, 0.1) is 0 Å². The van der Waals surface area contributed by atoms with E-state index in [-0.39, 0.29) is 7.43 Å². The number of hydrogen-bond acceptors (Lipinski definition) is 3. The zero-order valence-electron chi connectivity index (χ0n) is 12.0. The summed E-state index contributed by atoms with van der Waals surface area (Å²) in [7, 11) is 0. The molecule has 0 saturated carbocycles. The Morgan fingerprint density at radius 3 is 1.71 bits per heavy atom. The Balaban J connectivity index is 0. The standard InChI is InChI=1S/C10H12N2.C7H11N.CH4/c1-3-7-8(4-2)10(12)6-5-9(7)11;1-3-5-6-7(8)4-2;/h3-6H,1-2,11-12H2;3-6H,2,8H2,1H3;1H4/b;5-3-,7-6+;. The lowest BCUT2D eigenvalue weighted by Crippen LogP contribution is -1.96. The van der Waals surface area contributed by atoms with Gasteiger partial charge < -0.3 is 17.2 Å². The summed E-state index contributed by atoms with van der Waals surface area (Å²) in [6, 6.07) is 3.53. The van der Waals surface area contributed by atoms with E-state index < -0.39 is 0 Å². The molecule has 0 aliphatic rings. The molecule has 3 heteroatoms. The highest BCUT2D eigenvalue weighted by Crippen LogP contribution is 2.24. The number of benzene rings is 1. The predicted octanol–water partition coefficient (Wildman–Crippen LogP) is 4.36. The van der Waals surface area contributed by atoms with E-state index in [1.807, 2.05) is 19.1 Å². The van der Waals surface area contributed by atoms with E-state index in [9.17, 15) is 0 Å². The monoisotopic (exact) mass is 285 g/mol. The van der Waals surface area contributed by atoms with E-state index in [4.69, 9.17) is 17.2 Å². The first-order valence-electron chi connectivity index (χ1n) is 6.15. The Bertz CT molecular complexity index is 505. The second kappa shape index (κ2) is 11.2. The van der Waals surface area contributed by atoms with Crippen molar-refractivity contribution in [3.63, 3.8) is 0 Å². The molecule has 0 atom stereocenters. The number of nitrogen functional groups attached to an aromatic ring is 2. The van der Waals surface area contributed by atoms with Gasteiger partial charge in [0, 0.05) is 28.2 Å². The second-order valence-electron chi connectivity index (χ2n) is 3.88. The number of anilines is 2. The summed E-state index contributed by atoms with van der Waals surface area (Å²) in [5.41, 5.74) is 20.5. The smallest absolute Gasteiger partial charge is 0.0395 e. The molecule has 1 aromatic carbocycles. The van der Waals surface area contributed by atoms with Crippen molar-refractivity contribution < 1.29 is 0 Å². The molecule has 3 nitrogen and oxygen atoms in total. The largest absolute Gasteiger partial charge is 0.399 e. The quantitative estimate of drug-likeness (QED) is 0.568. The zero-order chi connectivity index (χ0) is 15.5. The lowest BCUT2D eigenvalue weighted by molar-refractivity contribution is 1.43. The first-order valence-corrected chi connectivity index (χ1v) is 6.15. The highest BCUT2D eigenvalue weighted by atomic mass is 14.6. The van der Waals surface area contributed by atoms with Gasteiger partial charge in [-0.1, -0.05) is 51.5 Å². The van der Waals surface area contributed by atoms with E-state index in [2.05, 4.69) is 19.7 Å². The highest BCUT2D eigenvalue weighted by Gasteiger charge is 2.02. The van der Waals surface area contributed by atoms with E-state index in [1.54, 1.807) is 36.4 Å². The number of rotatable bonds is 4. The van der Waals surface area contributed by atoms with Crippen LogP contribution in [0.4, 0.5) is 11.4 Å². The van der Waals surface area contributed by atoms with Crippen molar-refractivity contribution in [2.24, 2.45) is 5.73 Å². The Labute approximate surface area is 128 Å². The normalized spacial score (nSPS) is 10.0. The summed E-state index contributed by atoms with van der Waals surface area (Å²) in [4.78, 5) is 0. The first-order chi connectivity index (χ1) is 9.51. The molecule has 0 radical (unpaired) electrons. The number of nitrogens with two attached hydrogens (primary N) is 3. The fraction of sp³-hybridized carbons (Fsp3) is 0.111. The molecule has 21 heavy (non-hydrogen) atoms. The zero-order valence-corrected chi connectivity index (χ0v) is 12.0. The number of allylic oxidation sites excluding steroid dienone is 4. The van der Waals surface area contributed by atoms with Gasteiger partial charge in [-0.2, -0.15) is 0 Å². The molecule has 114 valence electrons. The molecule has 0 fully saturated rings. The summed E-state index contributed by atoms with van der Waals surface area (Å²) < 4.78 is 0. The van der Waals surface area contributed by atoms with Crippen LogP contribution in [0.1, 0.15) is 25.5 Å². The summed E-state index contributed by atoms with van der Waals surface area (Å²) in [6.45, 7) is 12.7. The summed E-state index contributed by atoms with van der Waals surface area (Å²) in [5.74, 6) is 0. The van der Waals surface area contributed by atoms with E-state index in [0.717, 1.165) is 11.1 Å². The van der Waals surface area contributed by atoms with Crippen LogP contribution in [0.5, 0.6) is 0 Å². The van der Waals surface area contributed by atoms with Gasteiger partial charge in [-0.05, 0) is 31.2 Å². The lowest BCUT2D eigenvalue weighted by Gasteiger charge is -2.07. The minimum absolute atomic E-state index is 0. The van der Waals surface area contributed by atoms with Gasteiger partial charge in [-0.3, -0.25) is 0 Å². The van der Waals surface area contributed by atoms with Gasteiger partial charge in [0.05, 0.1) is 0 Å². The molecular formula is C18H27N3. The minimum Gasteiger partial charge on any atom is -0.399 e. The van der Waals surface area contributed by atoms with Gasteiger partial charge in [0.2, 0.25) is 0 Å². The van der Waals surface area contributed by atoms with E-state index in [0.29, 0.717) is 17.1 Å². The van der Waals surface area contributed by atoms with Crippen LogP contribution in [-0.4, -0.2) is 0 Å². The fourth-order valence-electron chi connectivity index (χ4n) is 1.40. The molecule has 0 amide bonds. The average molecular weight is 285 g/mol. The molecule has 1 aromatic rings. The Morgan fingerprint density at radius 2 is 1.43 bits per heavy atom. The number of hydrogen-bond donors (Lipinski definition) is 3. The molecule has 0 bridgehead atoms. The fourth-order valence-corrected chi connectivity index (χ4v) is 1.40. The van der Waals surface area contributed by atoms with Crippen LogP contribution in [0.2, 0.25) is 0 Å². The molecule has 0 aliphatic heterocycles. The molecule has 0 heterocycles. The van der Waals surface area contributed by atoms with Crippen molar-refractivity contribution in [2.75, 3.05) is 11.5 Å². The van der Waals surface area contributed by atoms with Gasteiger partial charge in [0.25, 0.3) is 0 Å². The van der Waals surface area contributed by atoms with Gasteiger partial charge in [0.15, 0.2) is 0 Å². The van der Waals surface area contributed by atoms with Crippen LogP contribution in [-0.2, 0) is 0 Å². The van der Waals surface area contributed by atoms with Crippen molar-refractivity contribution in [1.82, 2.24) is 0 Å². The molecule has 1 rings (SSSR count). The maximum atomic E-state index is 5.70. The lowest BCUT2D eigenvalue weighted by atomic mass is 10.0. The predicted molar refractivity (Wildman–Crippen MR) is 99.5 cm³/mol. The van der Waals surface area contributed by atoms with Crippen molar-refractivity contribution >= 4 is 23.5 Å². The maximum Gasteiger partial charge on any atom is 0.0395 e. The third-order valence-corrected chi connectivity index (χ3v) is 2.48. The molecule has 0 unspecified atom stereocenters. The average Bonchev–Trinajstić information content (AvgIpc) is 2.47. The molecule has 0 saturated heterocycles. The van der Waals surface area contributed by atoms with Crippen LogP contribution in [0.25, 0.3) is 12.2 Å². The molecule has 0 aromatic heterocycles. The third-order valence-electron chi connectivity index (χ3n) is 2.48. The van der Waals surface area contributed by atoms with E-state index in [1.165, 1.54) is 0 Å². The second-order valence-corrected chi connectivity index (χ2v) is 3.88. The Kier molecular flexibility index (Phi) is 11.0. The molecule has 0 aliphatic carbocycles. The highest BCUT2D eigenvalue weighted by molar-refractivity contribution is 5.80. The Morgan fingerprint density at radius 1 is 1.00 bits per heavy atom. The van der Waals surface area contributed by atoms with Crippen LogP contribution < -0.4 is 17.2 Å². The van der Waals surface area contributed by atoms with E-state index >= 15 is 0 Å². The van der Waals surface area contributed by atoms with Gasteiger partial charge in [0.1, 0.15) is 0 Å².